The van der Waals surface area contributed by atoms with Crippen molar-refractivity contribution < 1.29 is 4.79 Å². The molecule has 1 saturated carbocycles. The average Bonchev–Trinajstić information content (AvgIpc) is 2.32. The molecule has 2 N–H and O–H groups in total. The van der Waals surface area contributed by atoms with Gasteiger partial charge >= 0.3 is 0 Å². The summed E-state index contributed by atoms with van der Waals surface area (Å²) >= 11 is 0. The second-order valence-electron chi connectivity index (χ2n) is 5.73. The molecule has 0 aromatic carbocycles. The van der Waals surface area contributed by atoms with Crippen LogP contribution in [0.25, 0.3) is 0 Å². The third-order valence-corrected chi connectivity index (χ3v) is 4.02. The summed E-state index contributed by atoms with van der Waals surface area (Å²) in [7, 11) is 0. The number of primary amides is 1. The predicted octanol–water partition coefficient (Wildman–Crippen LogP) is 4.34. The zero-order chi connectivity index (χ0) is 13.2. The van der Waals surface area contributed by atoms with Gasteiger partial charge < -0.3 is 5.73 Å². The largest absolute Gasteiger partial charge is 0.366 e. The lowest BCUT2D eigenvalue weighted by Gasteiger charge is -2.15. The van der Waals surface area contributed by atoms with E-state index in [4.69, 9.17) is 5.73 Å². The van der Waals surface area contributed by atoms with Gasteiger partial charge in [-0.2, -0.15) is 0 Å². The Bertz CT molecular complexity index is 258. The average molecular weight is 251 g/mol. The molecule has 1 amide bonds. The summed E-state index contributed by atoms with van der Waals surface area (Å²) in [6.07, 6.45) is 16.9. The zero-order valence-electron chi connectivity index (χ0n) is 11.9. The summed E-state index contributed by atoms with van der Waals surface area (Å²) in [5.74, 6) is 0.304. The van der Waals surface area contributed by atoms with Crippen molar-refractivity contribution >= 4 is 5.91 Å². The zero-order valence-corrected chi connectivity index (χ0v) is 11.9. The standard InChI is InChI=1S/C16H29NO/c1-14(16(17)18)13-15-11-9-7-5-3-2-4-6-8-10-12-15/h13,15H,2-12H2,1H3,(H2,17,18)/b14-13+. The molecule has 1 aliphatic rings. The molecule has 1 rings (SSSR count). The molecule has 0 saturated heterocycles. The van der Waals surface area contributed by atoms with E-state index in [-0.39, 0.29) is 5.91 Å². The fourth-order valence-electron chi connectivity index (χ4n) is 2.80. The van der Waals surface area contributed by atoms with Gasteiger partial charge in [-0.3, -0.25) is 4.79 Å². The quantitative estimate of drug-likeness (QED) is 0.729. The highest BCUT2D eigenvalue weighted by Gasteiger charge is 2.09. The molecular formula is C16H29NO. The van der Waals surface area contributed by atoms with Crippen LogP contribution in [0.15, 0.2) is 11.6 Å². The van der Waals surface area contributed by atoms with Crippen LogP contribution < -0.4 is 5.73 Å². The number of rotatable bonds is 2. The van der Waals surface area contributed by atoms with Gasteiger partial charge in [0.05, 0.1) is 0 Å². The summed E-state index contributed by atoms with van der Waals surface area (Å²) in [5, 5.41) is 0. The second kappa shape index (κ2) is 9.18. The van der Waals surface area contributed by atoms with E-state index in [1.807, 2.05) is 6.92 Å². The van der Waals surface area contributed by atoms with Crippen LogP contribution in [-0.4, -0.2) is 5.91 Å². The van der Waals surface area contributed by atoms with Gasteiger partial charge in [0, 0.05) is 5.57 Å². The Labute approximate surface area is 112 Å². The van der Waals surface area contributed by atoms with Crippen molar-refractivity contribution in [2.24, 2.45) is 11.7 Å². The molecule has 2 nitrogen and oxygen atoms in total. The Kier molecular flexibility index (Phi) is 7.79. The topological polar surface area (TPSA) is 43.1 Å². The van der Waals surface area contributed by atoms with Crippen LogP contribution in [0.2, 0.25) is 0 Å². The Morgan fingerprint density at radius 3 is 1.67 bits per heavy atom. The molecule has 0 radical (unpaired) electrons. The highest BCUT2D eigenvalue weighted by atomic mass is 16.1. The fraction of sp³-hybridized carbons (Fsp3) is 0.812. The van der Waals surface area contributed by atoms with Gasteiger partial charge in [-0.25, -0.2) is 0 Å². The first-order valence-electron chi connectivity index (χ1n) is 7.68. The van der Waals surface area contributed by atoms with Gasteiger partial charge in [0.25, 0.3) is 0 Å². The highest BCUT2D eigenvalue weighted by molar-refractivity contribution is 5.91. The Balaban J connectivity index is 2.45. The van der Waals surface area contributed by atoms with Crippen LogP contribution in [0.5, 0.6) is 0 Å². The lowest BCUT2D eigenvalue weighted by Crippen LogP contribution is -2.13. The van der Waals surface area contributed by atoms with E-state index >= 15 is 0 Å². The molecule has 2 heteroatoms. The van der Waals surface area contributed by atoms with Crippen molar-refractivity contribution in [2.75, 3.05) is 0 Å². The van der Waals surface area contributed by atoms with Gasteiger partial charge in [0.2, 0.25) is 5.91 Å². The van der Waals surface area contributed by atoms with Gasteiger partial charge in [0.15, 0.2) is 0 Å². The van der Waals surface area contributed by atoms with E-state index in [9.17, 15) is 4.79 Å². The van der Waals surface area contributed by atoms with Crippen molar-refractivity contribution in [3.63, 3.8) is 0 Å². The summed E-state index contributed by atoms with van der Waals surface area (Å²) in [4.78, 5) is 11.1. The van der Waals surface area contributed by atoms with E-state index in [1.54, 1.807) is 0 Å². The van der Waals surface area contributed by atoms with Crippen LogP contribution in [0, 0.1) is 5.92 Å². The molecule has 0 heterocycles. The second-order valence-corrected chi connectivity index (χ2v) is 5.73. The maximum Gasteiger partial charge on any atom is 0.244 e. The molecule has 1 aliphatic carbocycles. The lowest BCUT2D eigenvalue weighted by molar-refractivity contribution is -0.114. The maximum absolute atomic E-state index is 11.1. The molecule has 0 unspecified atom stereocenters. The molecule has 0 aromatic heterocycles. The maximum atomic E-state index is 11.1. The van der Waals surface area contributed by atoms with E-state index in [0.29, 0.717) is 5.92 Å². The molecule has 0 atom stereocenters. The number of carbonyl (C=O) groups is 1. The van der Waals surface area contributed by atoms with Crippen LogP contribution in [0.3, 0.4) is 0 Å². The Hall–Kier alpha value is -0.790. The van der Waals surface area contributed by atoms with Gasteiger partial charge in [-0.1, -0.05) is 63.9 Å². The summed E-state index contributed by atoms with van der Waals surface area (Å²) in [5.41, 5.74) is 6.06. The van der Waals surface area contributed by atoms with Gasteiger partial charge in [-0.05, 0) is 25.7 Å². The monoisotopic (exact) mass is 251 g/mol. The molecular weight excluding hydrogens is 222 g/mol. The first-order chi connectivity index (χ1) is 8.70. The highest BCUT2D eigenvalue weighted by Crippen LogP contribution is 2.22. The summed E-state index contributed by atoms with van der Waals surface area (Å²) in [6, 6.07) is 0. The third kappa shape index (κ3) is 6.83. The van der Waals surface area contributed by atoms with Gasteiger partial charge in [-0.15, -0.1) is 0 Å². The number of hydrogen-bond donors (Lipinski definition) is 1. The first kappa shape index (κ1) is 15.3. The summed E-state index contributed by atoms with van der Waals surface area (Å²) in [6.45, 7) is 1.85. The smallest absolute Gasteiger partial charge is 0.244 e. The van der Waals surface area contributed by atoms with Crippen molar-refractivity contribution in [3.8, 4) is 0 Å². The van der Waals surface area contributed by atoms with Crippen LogP contribution in [-0.2, 0) is 4.79 Å². The summed E-state index contributed by atoms with van der Waals surface area (Å²) < 4.78 is 0. The SMILES string of the molecule is C/C(=C\C1CCCCCCCCCCC1)C(N)=O. The molecule has 0 aromatic rings. The minimum absolute atomic E-state index is 0.263. The van der Waals surface area contributed by atoms with E-state index in [2.05, 4.69) is 6.08 Å². The molecule has 104 valence electrons. The number of carbonyl (C=O) groups excluding carboxylic acids is 1. The predicted molar refractivity (Wildman–Crippen MR) is 77.2 cm³/mol. The van der Waals surface area contributed by atoms with Crippen molar-refractivity contribution in [1.29, 1.82) is 0 Å². The fourth-order valence-corrected chi connectivity index (χ4v) is 2.80. The molecule has 0 aliphatic heterocycles. The van der Waals surface area contributed by atoms with E-state index in [0.717, 1.165) is 5.57 Å². The minimum atomic E-state index is -0.263. The van der Waals surface area contributed by atoms with E-state index in [1.165, 1.54) is 70.6 Å². The Morgan fingerprint density at radius 1 is 0.889 bits per heavy atom. The molecule has 0 spiro atoms. The number of nitrogens with two attached hydrogens (primary N) is 1. The van der Waals surface area contributed by atoms with Crippen molar-refractivity contribution in [3.05, 3.63) is 11.6 Å². The molecule has 0 bridgehead atoms. The van der Waals surface area contributed by atoms with Crippen LogP contribution in [0.4, 0.5) is 0 Å². The number of allylic oxidation sites excluding steroid dienone is 1. The van der Waals surface area contributed by atoms with Crippen molar-refractivity contribution in [2.45, 2.75) is 77.6 Å². The van der Waals surface area contributed by atoms with Crippen molar-refractivity contribution in [1.82, 2.24) is 0 Å². The van der Waals surface area contributed by atoms with Crippen LogP contribution >= 0.6 is 0 Å². The number of amides is 1. The van der Waals surface area contributed by atoms with Gasteiger partial charge in [0.1, 0.15) is 0 Å². The molecule has 1 fully saturated rings. The first-order valence-corrected chi connectivity index (χ1v) is 7.68. The van der Waals surface area contributed by atoms with Crippen LogP contribution in [0.1, 0.15) is 77.6 Å². The third-order valence-electron chi connectivity index (χ3n) is 4.02. The van der Waals surface area contributed by atoms with E-state index < -0.39 is 0 Å². The number of hydrogen-bond acceptors (Lipinski definition) is 1. The molecule has 18 heavy (non-hydrogen) atoms. The Morgan fingerprint density at radius 2 is 1.28 bits per heavy atom. The lowest BCUT2D eigenvalue weighted by atomic mass is 9.91. The minimum Gasteiger partial charge on any atom is -0.366 e. The normalized spacial score (nSPS) is 21.9.